The fraction of sp³-hybridized carbons (Fsp3) is 0.111. The molecule has 2 aromatic rings. The molecular formula is C9H7ClN2OS. The Kier molecular flexibility index (Phi) is 2.65. The Hall–Kier alpha value is -1.13. The fourth-order valence-corrected chi connectivity index (χ4v) is 1.51. The zero-order chi connectivity index (χ0) is 9.97. The molecule has 1 N–H and O–H groups in total. The van der Waals surface area contributed by atoms with Crippen molar-refractivity contribution in [3.8, 4) is 0 Å². The molecule has 0 aliphatic carbocycles. The lowest BCUT2D eigenvalue weighted by Crippen LogP contribution is -1.91. The van der Waals surface area contributed by atoms with Gasteiger partial charge in [-0.15, -0.1) is 0 Å². The number of nitrogens with one attached hydrogen (secondary N) is 1. The number of H-pyrrole nitrogens is 1. The topological polar surface area (TPSA) is 41.8 Å². The Bertz CT molecular complexity index is 491. The van der Waals surface area contributed by atoms with E-state index in [-0.39, 0.29) is 4.84 Å². The van der Waals surface area contributed by atoms with Crippen LogP contribution in [0.15, 0.2) is 28.8 Å². The van der Waals surface area contributed by atoms with Crippen LogP contribution in [0.1, 0.15) is 11.4 Å². The lowest BCUT2D eigenvalue weighted by molar-refractivity contribution is 0.399. The van der Waals surface area contributed by atoms with Gasteiger partial charge in [-0.05, 0) is 23.8 Å². The third-order valence-corrected chi connectivity index (χ3v) is 2.34. The Morgan fingerprint density at radius 3 is 2.86 bits per heavy atom. The Morgan fingerprint density at radius 1 is 1.43 bits per heavy atom. The molecule has 0 fully saturated rings. The molecule has 0 atom stereocenters. The highest BCUT2D eigenvalue weighted by Crippen LogP contribution is 2.17. The molecule has 2 rings (SSSR count). The second-order valence-corrected chi connectivity index (χ2v) is 3.55. The third kappa shape index (κ3) is 2.02. The highest BCUT2D eigenvalue weighted by atomic mass is 35.5. The number of hydrogen-bond donors (Lipinski definition) is 1. The molecule has 0 aliphatic rings. The van der Waals surface area contributed by atoms with Gasteiger partial charge in [0.05, 0.1) is 0 Å². The molecule has 14 heavy (non-hydrogen) atoms. The molecule has 0 saturated heterocycles. The van der Waals surface area contributed by atoms with Gasteiger partial charge in [0.25, 0.3) is 0 Å². The summed E-state index contributed by atoms with van der Waals surface area (Å²) in [5, 5.41) is 3.35. The maximum atomic E-state index is 5.98. The summed E-state index contributed by atoms with van der Waals surface area (Å²) >= 11 is 10.7. The van der Waals surface area contributed by atoms with Crippen molar-refractivity contribution in [1.29, 1.82) is 0 Å². The first-order chi connectivity index (χ1) is 6.75. The highest BCUT2D eigenvalue weighted by molar-refractivity contribution is 7.71. The van der Waals surface area contributed by atoms with Crippen molar-refractivity contribution in [2.75, 3.05) is 0 Å². The van der Waals surface area contributed by atoms with Gasteiger partial charge in [-0.3, -0.25) is 0 Å². The average molecular weight is 227 g/mol. The summed E-state index contributed by atoms with van der Waals surface area (Å²) in [6, 6.07) is 7.59. The van der Waals surface area contributed by atoms with Crippen molar-refractivity contribution in [3.05, 3.63) is 45.5 Å². The molecule has 1 aromatic carbocycles. The number of aromatic amines is 1. The molecule has 0 bridgehead atoms. The van der Waals surface area contributed by atoms with Gasteiger partial charge in [0.2, 0.25) is 0 Å². The van der Waals surface area contributed by atoms with Gasteiger partial charge < -0.3 is 4.52 Å². The van der Waals surface area contributed by atoms with E-state index in [1.54, 1.807) is 0 Å². The minimum Gasteiger partial charge on any atom is -0.348 e. The highest BCUT2D eigenvalue weighted by Gasteiger charge is 2.03. The lowest BCUT2D eigenvalue weighted by atomic mass is 10.1. The maximum absolute atomic E-state index is 5.98. The first-order valence-corrected chi connectivity index (χ1v) is 4.82. The molecule has 0 radical (unpaired) electrons. The zero-order valence-electron chi connectivity index (χ0n) is 7.16. The third-order valence-electron chi connectivity index (χ3n) is 1.80. The van der Waals surface area contributed by atoms with E-state index < -0.39 is 0 Å². The predicted octanol–water partition coefficient (Wildman–Crippen LogP) is 2.98. The maximum Gasteiger partial charge on any atom is 0.314 e. The first-order valence-electron chi connectivity index (χ1n) is 4.03. The van der Waals surface area contributed by atoms with Gasteiger partial charge in [-0.2, -0.15) is 4.98 Å². The first kappa shape index (κ1) is 9.43. The predicted molar refractivity (Wildman–Crippen MR) is 55.9 cm³/mol. The summed E-state index contributed by atoms with van der Waals surface area (Å²) < 4.78 is 4.81. The lowest BCUT2D eigenvalue weighted by Gasteiger charge is -1.99. The van der Waals surface area contributed by atoms with E-state index in [4.69, 9.17) is 28.3 Å². The van der Waals surface area contributed by atoms with Gasteiger partial charge in [0, 0.05) is 11.4 Å². The summed E-state index contributed by atoms with van der Waals surface area (Å²) in [4.78, 5) is 4.20. The molecular weight excluding hydrogens is 220 g/mol. The van der Waals surface area contributed by atoms with Crippen LogP contribution in [0.2, 0.25) is 5.02 Å². The second kappa shape index (κ2) is 3.94. The van der Waals surface area contributed by atoms with E-state index in [0.29, 0.717) is 12.2 Å². The van der Waals surface area contributed by atoms with E-state index >= 15 is 0 Å². The fourth-order valence-electron chi connectivity index (χ4n) is 1.16. The van der Waals surface area contributed by atoms with Crippen molar-refractivity contribution >= 4 is 23.8 Å². The van der Waals surface area contributed by atoms with Crippen LogP contribution in [0.4, 0.5) is 0 Å². The van der Waals surface area contributed by atoms with Crippen LogP contribution in [0.25, 0.3) is 0 Å². The van der Waals surface area contributed by atoms with Crippen LogP contribution >= 0.6 is 23.8 Å². The number of benzene rings is 1. The van der Waals surface area contributed by atoms with Crippen LogP contribution in [-0.2, 0) is 6.42 Å². The summed E-state index contributed by atoms with van der Waals surface area (Å²) in [5.74, 6) is 0.683. The number of halogens is 1. The van der Waals surface area contributed by atoms with Crippen LogP contribution in [0.5, 0.6) is 0 Å². The number of aromatic nitrogens is 2. The minimum absolute atomic E-state index is 0.215. The molecule has 0 spiro atoms. The summed E-state index contributed by atoms with van der Waals surface area (Å²) in [6.07, 6.45) is 0.597. The number of rotatable bonds is 2. The Balaban J connectivity index is 2.27. The monoisotopic (exact) mass is 226 g/mol. The smallest absolute Gasteiger partial charge is 0.314 e. The summed E-state index contributed by atoms with van der Waals surface area (Å²) in [5.41, 5.74) is 0.994. The SMILES string of the molecule is S=c1nc(Cc2ccccc2Cl)[nH]o1. The largest absolute Gasteiger partial charge is 0.348 e. The van der Waals surface area contributed by atoms with E-state index in [1.165, 1.54) is 0 Å². The zero-order valence-corrected chi connectivity index (χ0v) is 8.73. The molecule has 5 heteroatoms. The summed E-state index contributed by atoms with van der Waals surface area (Å²) in [6.45, 7) is 0. The quantitative estimate of drug-likeness (QED) is 0.801. The standard InChI is InChI=1S/C9H7ClN2OS/c10-7-4-2-1-3-6(7)5-8-11-9(14)13-12-8/h1-4H,5H2,(H,11,12,14). The molecule has 0 amide bonds. The molecule has 0 aliphatic heterocycles. The van der Waals surface area contributed by atoms with Crippen LogP contribution in [-0.4, -0.2) is 10.1 Å². The van der Waals surface area contributed by atoms with Gasteiger partial charge in [0.15, 0.2) is 0 Å². The van der Waals surface area contributed by atoms with E-state index in [1.807, 2.05) is 24.3 Å². The normalized spacial score (nSPS) is 10.4. The Morgan fingerprint density at radius 2 is 2.21 bits per heavy atom. The number of nitrogens with zero attached hydrogens (tertiary/aromatic N) is 1. The van der Waals surface area contributed by atoms with Crippen LogP contribution in [0.3, 0.4) is 0 Å². The number of hydrogen-bond acceptors (Lipinski definition) is 3. The molecule has 0 saturated carbocycles. The van der Waals surface area contributed by atoms with E-state index in [9.17, 15) is 0 Å². The van der Waals surface area contributed by atoms with Crippen molar-refractivity contribution < 1.29 is 4.52 Å². The van der Waals surface area contributed by atoms with Crippen molar-refractivity contribution in [2.45, 2.75) is 6.42 Å². The minimum atomic E-state index is 0.215. The van der Waals surface area contributed by atoms with Gasteiger partial charge >= 0.3 is 4.84 Å². The van der Waals surface area contributed by atoms with E-state index in [2.05, 4.69) is 10.1 Å². The molecule has 1 heterocycles. The molecule has 72 valence electrons. The van der Waals surface area contributed by atoms with Crippen LogP contribution < -0.4 is 0 Å². The van der Waals surface area contributed by atoms with E-state index in [0.717, 1.165) is 10.6 Å². The van der Waals surface area contributed by atoms with Crippen molar-refractivity contribution in [2.24, 2.45) is 0 Å². The van der Waals surface area contributed by atoms with Crippen LogP contribution in [0, 0.1) is 4.84 Å². The second-order valence-electron chi connectivity index (χ2n) is 2.80. The molecule has 0 unspecified atom stereocenters. The molecule has 1 aromatic heterocycles. The van der Waals surface area contributed by atoms with Crippen molar-refractivity contribution in [3.63, 3.8) is 0 Å². The van der Waals surface area contributed by atoms with Gasteiger partial charge in [-0.1, -0.05) is 29.8 Å². The Labute approximate surface area is 90.7 Å². The summed E-state index contributed by atoms with van der Waals surface area (Å²) in [7, 11) is 0. The average Bonchev–Trinajstić information content (AvgIpc) is 2.56. The van der Waals surface area contributed by atoms with Gasteiger partial charge in [-0.25, -0.2) is 5.16 Å². The van der Waals surface area contributed by atoms with Crippen molar-refractivity contribution in [1.82, 2.24) is 10.1 Å². The molecule has 3 nitrogen and oxygen atoms in total. The van der Waals surface area contributed by atoms with Gasteiger partial charge in [0.1, 0.15) is 5.82 Å².